The Bertz CT molecular complexity index is 445. The van der Waals surface area contributed by atoms with Crippen molar-refractivity contribution < 1.29 is 4.74 Å². The number of methoxy groups -OCH3 is 1. The molecule has 1 aliphatic carbocycles. The smallest absolute Gasteiger partial charge is 0.0693 e. The zero-order chi connectivity index (χ0) is 15.3. The monoisotopic (exact) mass is 289 g/mol. The molecule has 0 heterocycles. The van der Waals surface area contributed by atoms with Crippen molar-refractivity contribution in [2.75, 3.05) is 13.7 Å². The highest BCUT2D eigenvalue weighted by atomic mass is 16.5. The van der Waals surface area contributed by atoms with Crippen LogP contribution in [0.5, 0.6) is 0 Å². The highest BCUT2D eigenvalue weighted by Crippen LogP contribution is 2.39. The molecular weight excluding hydrogens is 258 g/mol. The first kappa shape index (κ1) is 16.5. The summed E-state index contributed by atoms with van der Waals surface area (Å²) in [7, 11) is 1.88. The number of aryl methyl sites for hydroxylation is 2. The predicted molar refractivity (Wildman–Crippen MR) is 89.9 cm³/mol. The lowest BCUT2D eigenvalue weighted by molar-refractivity contribution is -0.0834. The maximum atomic E-state index is 5.82. The van der Waals surface area contributed by atoms with E-state index in [1.54, 1.807) is 0 Å². The molecule has 1 aromatic carbocycles. The molecule has 2 rings (SSSR count). The van der Waals surface area contributed by atoms with Gasteiger partial charge in [0.1, 0.15) is 0 Å². The number of ether oxygens (including phenoxy) is 1. The van der Waals surface area contributed by atoms with Crippen LogP contribution < -0.4 is 5.32 Å². The van der Waals surface area contributed by atoms with Crippen molar-refractivity contribution in [1.29, 1.82) is 0 Å². The van der Waals surface area contributed by atoms with Crippen LogP contribution in [0.15, 0.2) is 18.2 Å². The molecule has 0 aliphatic heterocycles. The van der Waals surface area contributed by atoms with Crippen molar-refractivity contribution >= 4 is 0 Å². The first-order valence-corrected chi connectivity index (χ1v) is 8.43. The van der Waals surface area contributed by atoms with Gasteiger partial charge in [0.15, 0.2) is 0 Å². The topological polar surface area (TPSA) is 21.3 Å². The average molecular weight is 289 g/mol. The third-order valence-electron chi connectivity index (χ3n) is 5.05. The van der Waals surface area contributed by atoms with Crippen molar-refractivity contribution in [3.63, 3.8) is 0 Å². The van der Waals surface area contributed by atoms with Crippen LogP contribution in [0, 0.1) is 13.8 Å². The second-order valence-electron chi connectivity index (χ2n) is 6.72. The molecular formula is C19H31NO. The van der Waals surface area contributed by atoms with Crippen LogP contribution in [0.1, 0.15) is 55.7 Å². The van der Waals surface area contributed by atoms with Crippen molar-refractivity contribution in [2.24, 2.45) is 0 Å². The van der Waals surface area contributed by atoms with Gasteiger partial charge in [0.05, 0.1) is 5.60 Å². The maximum Gasteiger partial charge on any atom is 0.0693 e. The molecule has 0 saturated heterocycles. The summed E-state index contributed by atoms with van der Waals surface area (Å²) in [6.07, 6.45) is 7.19. The van der Waals surface area contributed by atoms with Crippen LogP contribution in [-0.4, -0.2) is 25.3 Å². The lowest BCUT2D eigenvalue weighted by atomic mass is 9.75. The quantitative estimate of drug-likeness (QED) is 0.775. The van der Waals surface area contributed by atoms with Crippen molar-refractivity contribution in [3.05, 3.63) is 34.9 Å². The Hall–Kier alpha value is -0.860. The van der Waals surface area contributed by atoms with Gasteiger partial charge in [0.2, 0.25) is 0 Å². The van der Waals surface area contributed by atoms with Gasteiger partial charge in [-0.05, 0) is 75.6 Å². The van der Waals surface area contributed by atoms with Crippen LogP contribution in [0.4, 0.5) is 0 Å². The average Bonchev–Trinajstić information content (AvgIpc) is 2.44. The van der Waals surface area contributed by atoms with Crippen molar-refractivity contribution in [2.45, 2.75) is 70.9 Å². The van der Waals surface area contributed by atoms with E-state index in [0.717, 1.165) is 19.4 Å². The number of rotatable bonds is 8. The molecule has 2 heteroatoms. The molecule has 21 heavy (non-hydrogen) atoms. The summed E-state index contributed by atoms with van der Waals surface area (Å²) in [6, 6.07) is 7.39. The highest BCUT2D eigenvalue weighted by molar-refractivity contribution is 5.30. The molecule has 0 aromatic heterocycles. The van der Waals surface area contributed by atoms with Crippen LogP contribution in [-0.2, 0) is 11.2 Å². The molecule has 2 nitrogen and oxygen atoms in total. The maximum absolute atomic E-state index is 5.82. The second kappa shape index (κ2) is 7.42. The molecule has 1 aromatic rings. The van der Waals surface area contributed by atoms with E-state index in [1.165, 1.54) is 42.4 Å². The Labute approximate surface area is 130 Å². The molecule has 1 fully saturated rings. The fraction of sp³-hybridized carbons (Fsp3) is 0.684. The summed E-state index contributed by atoms with van der Waals surface area (Å²) in [5, 5.41) is 3.73. The van der Waals surface area contributed by atoms with E-state index < -0.39 is 0 Å². The summed E-state index contributed by atoms with van der Waals surface area (Å²) in [6.45, 7) is 7.71. The van der Waals surface area contributed by atoms with Gasteiger partial charge in [0, 0.05) is 13.2 Å². The van der Waals surface area contributed by atoms with Gasteiger partial charge in [-0.2, -0.15) is 0 Å². The van der Waals surface area contributed by atoms with Crippen molar-refractivity contribution in [1.82, 2.24) is 5.32 Å². The SMILES string of the molecule is CCCNC(Cc1ccc(C)c(C)c1)CC1(OC)CCC1. The van der Waals surface area contributed by atoms with E-state index in [0.29, 0.717) is 6.04 Å². The first-order chi connectivity index (χ1) is 10.1. The Morgan fingerprint density at radius 1 is 1.24 bits per heavy atom. The minimum Gasteiger partial charge on any atom is -0.378 e. The summed E-state index contributed by atoms with van der Waals surface area (Å²) >= 11 is 0. The lowest BCUT2D eigenvalue weighted by Gasteiger charge is -2.43. The van der Waals surface area contributed by atoms with E-state index in [9.17, 15) is 0 Å². The number of hydrogen-bond acceptors (Lipinski definition) is 2. The minimum absolute atomic E-state index is 0.144. The Balaban J connectivity index is 2.02. The normalized spacial score (nSPS) is 18.3. The fourth-order valence-corrected chi connectivity index (χ4v) is 3.29. The summed E-state index contributed by atoms with van der Waals surface area (Å²) in [5.74, 6) is 0. The summed E-state index contributed by atoms with van der Waals surface area (Å²) in [4.78, 5) is 0. The molecule has 1 saturated carbocycles. The third-order valence-corrected chi connectivity index (χ3v) is 5.05. The van der Waals surface area contributed by atoms with E-state index in [4.69, 9.17) is 4.74 Å². The fourth-order valence-electron chi connectivity index (χ4n) is 3.29. The molecule has 0 bridgehead atoms. The first-order valence-electron chi connectivity index (χ1n) is 8.43. The Morgan fingerprint density at radius 2 is 2.00 bits per heavy atom. The lowest BCUT2D eigenvalue weighted by Crippen LogP contribution is -2.46. The van der Waals surface area contributed by atoms with Gasteiger partial charge in [-0.1, -0.05) is 25.1 Å². The zero-order valence-corrected chi connectivity index (χ0v) is 14.2. The number of hydrogen-bond donors (Lipinski definition) is 1. The summed E-state index contributed by atoms with van der Waals surface area (Å²) in [5.41, 5.74) is 4.36. The van der Waals surface area contributed by atoms with Gasteiger partial charge in [-0.25, -0.2) is 0 Å². The van der Waals surface area contributed by atoms with Gasteiger partial charge >= 0.3 is 0 Å². The molecule has 1 atom stereocenters. The third kappa shape index (κ3) is 4.31. The van der Waals surface area contributed by atoms with E-state index in [2.05, 4.69) is 44.3 Å². The molecule has 118 valence electrons. The van der Waals surface area contributed by atoms with Gasteiger partial charge in [-0.15, -0.1) is 0 Å². The molecule has 1 aliphatic rings. The van der Waals surface area contributed by atoms with Crippen molar-refractivity contribution in [3.8, 4) is 0 Å². The van der Waals surface area contributed by atoms with Gasteiger partial charge < -0.3 is 10.1 Å². The van der Waals surface area contributed by atoms with Gasteiger partial charge in [0.25, 0.3) is 0 Å². The molecule has 0 radical (unpaired) electrons. The van der Waals surface area contributed by atoms with Crippen LogP contribution in [0.2, 0.25) is 0 Å². The molecule has 0 spiro atoms. The van der Waals surface area contributed by atoms with E-state index >= 15 is 0 Å². The molecule has 1 unspecified atom stereocenters. The number of benzene rings is 1. The largest absolute Gasteiger partial charge is 0.378 e. The summed E-state index contributed by atoms with van der Waals surface area (Å²) < 4.78 is 5.82. The molecule has 0 amide bonds. The standard InChI is InChI=1S/C19H31NO/c1-5-11-20-18(14-19(21-4)9-6-10-19)13-17-8-7-15(2)16(3)12-17/h7-8,12,18,20H,5-6,9-11,13-14H2,1-4H3. The second-order valence-corrected chi connectivity index (χ2v) is 6.72. The van der Waals surface area contributed by atoms with Gasteiger partial charge in [-0.3, -0.25) is 0 Å². The number of nitrogens with one attached hydrogen (secondary N) is 1. The Morgan fingerprint density at radius 3 is 2.52 bits per heavy atom. The van der Waals surface area contributed by atoms with Crippen LogP contribution in [0.3, 0.4) is 0 Å². The highest BCUT2D eigenvalue weighted by Gasteiger charge is 2.38. The predicted octanol–water partition coefficient (Wildman–Crippen LogP) is 4.17. The minimum atomic E-state index is 0.144. The van der Waals surface area contributed by atoms with Crippen LogP contribution in [0.25, 0.3) is 0 Å². The van der Waals surface area contributed by atoms with E-state index in [1.807, 2.05) is 7.11 Å². The molecule has 1 N–H and O–H groups in total. The zero-order valence-electron chi connectivity index (χ0n) is 14.2. The Kier molecular flexibility index (Phi) is 5.83. The van der Waals surface area contributed by atoms with Crippen LogP contribution >= 0.6 is 0 Å². The van der Waals surface area contributed by atoms with E-state index in [-0.39, 0.29) is 5.60 Å².